The molecule has 4 heterocycles. The van der Waals surface area contributed by atoms with Gasteiger partial charge in [-0.25, -0.2) is 0 Å². The summed E-state index contributed by atoms with van der Waals surface area (Å²) in [5.74, 6) is 3.04. The van der Waals surface area contributed by atoms with Crippen LogP contribution in [0.3, 0.4) is 0 Å². The highest BCUT2D eigenvalue weighted by Crippen LogP contribution is 2.28. The first-order valence-corrected chi connectivity index (χ1v) is 9.28. The van der Waals surface area contributed by atoms with Crippen molar-refractivity contribution < 1.29 is 4.74 Å². The summed E-state index contributed by atoms with van der Waals surface area (Å²) in [6.45, 7) is 11.1. The summed E-state index contributed by atoms with van der Waals surface area (Å²) in [4.78, 5) is 5.18. The first kappa shape index (κ1) is 15.5. The van der Waals surface area contributed by atoms with Crippen LogP contribution in [-0.2, 0) is 17.7 Å². The highest BCUT2D eigenvalue weighted by atomic mass is 16.5. The van der Waals surface area contributed by atoms with Gasteiger partial charge in [-0.2, -0.15) is 0 Å². The molecule has 1 aromatic heterocycles. The zero-order chi connectivity index (χ0) is 15.6. The molecule has 6 nitrogen and oxygen atoms in total. The van der Waals surface area contributed by atoms with Crippen molar-refractivity contribution in [3.8, 4) is 0 Å². The Kier molecular flexibility index (Phi) is 4.64. The number of hydrogen-bond acceptors (Lipinski definition) is 5. The summed E-state index contributed by atoms with van der Waals surface area (Å²) in [6, 6.07) is 0. The summed E-state index contributed by atoms with van der Waals surface area (Å²) < 4.78 is 8.02. The minimum absolute atomic E-state index is 0.386. The van der Waals surface area contributed by atoms with Gasteiger partial charge in [-0.15, -0.1) is 10.2 Å². The summed E-state index contributed by atoms with van der Waals surface area (Å²) in [5.41, 5.74) is 0. The highest BCUT2D eigenvalue weighted by Gasteiger charge is 2.28. The van der Waals surface area contributed by atoms with Crippen molar-refractivity contribution in [3.05, 3.63) is 11.6 Å². The van der Waals surface area contributed by atoms with Gasteiger partial charge >= 0.3 is 0 Å². The molecule has 0 N–H and O–H groups in total. The van der Waals surface area contributed by atoms with Gasteiger partial charge in [-0.3, -0.25) is 4.90 Å². The molecule has 0 aliphatic carbocycles. The molecule has 23 heavy (non-hydrogen) atoms. The molecule has 6 heteroatoms. The zero-order valence-corrected chi connectivity index (χ0v) is 14.3. The molecule has 2 atom stereocenters. The third-order valence-corrected chi connectivity index (χ3v) is 5.57. The molecular formula is C17H29N5O. The second-order valence-electron chi connectivity index (χ2n) is 7.35. The van der Waals surface area contributed by atoms with Crippen LogP contribution in [-0.4, -0.2) is 76.5 Å². The summed E-state index contributed by atoms with van der Waals surface area (Å²) in [7, 11) is 0. The number of morpholine rings is 1. The molecule has 2 fully saturated rings. The van der Waals surface area contributed by atoms with Crippen molar-refractivity contribution in [2.75, 3.05) is 45.9 Å². The smallest absolute Gasteiger partial charge is 0.137 e. The van der Waals surface area contributed by atoms with E-state index in [1.807, 2.05) is 0 Å². The SMILES string of the molecule is C[C@@H]1CN(CCN2CCC[C@H](c3nnc4n3CCC4)C2)CCO1. The molecule has 0 spiro atoms. The van der Waals surface area contributed by atoms with Gasteiger partial charge in [0.25, 0.3) is 0 Å². The molecule has 128 valence electrons. The maximum absolute atomic E-state index is 5.64. The second kappa shape index (κ2) is 6.87. The van der Waals surface area contributed by atoms with Crippen LogP contribution in [0, 0.1) is 0 Å². The van der Waals surface area contributed by atoms with E-state index in [-0.39, 0.29) is 0 Å². The van der Waals surface area contributed by atoms with Crippen LogP contribution in [0.4, 0.5) is 0 Å². The molecule has 0 bridgehead atoms. The Morgan fingerprint density at radius 1 is 1.04 bits per heavy atom. The Balaban J connectivity index is 1.32. The van der Waals surface area contributed by atoms with Crippen LogP contribution in [0.1, 0.15) is 43.8 Å². The van der Waals surface area contributed by atoms with E-state index in [1.165, 1.54) is 50.5 Å². The van der Waals surface area contributed by atoms with Gasteiger partial charge in [0.1, 0.15) is 11.6 Å². The quantitative estimate of drug-likeness (QED) is 0.832. The fraction of sp³-hybridized carbons (Fsp3) is 0.882. The summed E-state index contributed by atoms with van der Waals surface area (Å²) >= 11 is 0. The Labute approximate surface area is 138 Å². The number of nitrogens with zero attached hydrogens (tertiary/aromatic N) is 5. The van der Waals surface area contributed by atoms with Gasteiger partial charge in [0.2, 0.25) is 0 Å². The van der Waals surface area contributed by atoms with E-state index in [2.05, 4.69) is 31.5 Å². The lowest BCUT2D eigenvalue weighted by Crippen LogP contribution is -2.46. The van der Waals surface area contributed by atoms with E-state index in [0.29, 0.717) is 12.0 Å². The molecule has 0 saturated carbocycles. The number of piperidine rings is 1. The Morgan fingerprint density at radius 2 is 1.91 bits per heavy atom. The minimum atomic E-state index is 0.386. The molecule has 3 aliphatic heterocycles. The van der Waals surface area contributed by atoms with Crippen molar-refractivity contribution in [2.24, 2.45) is 0 Å². The minimum Gasteiger partial charge on any atom is -0.376 e. The van der Waals surface area contributed by atoms with Gasteiger partial charge in [0.05, 0.1) is 12.7 Å². The van der Waals surface area contributed by atoms with Gasteiger partial charge in [0.15, 0.2) is 0 Å². The summed E-state index contributed by atoms with van der Waals surface area (Å²) in [6.07, 6.45) is 5.29. The standard InChI is InChI=1S/C17H29N5O/c1-14-12-21(10-11-23-14)9-8-20-6-2-4-15(13-20)17-19-18-16-5-3-7-22(16)17/h14-15H,2-13H2,1H3/t14-,15+/m1/s1. The number of hydrogen-bond donors (Lipinski definition) is 0. The van der Waals surface area contributed by atoms with Gasteiger partial charge < -0.3 is 14.2 Å². The second-order valence-corrected chi connectivity index (χ2v) is 7.35. The van der Waals surface area contributed by atoms with Crippen molar-refractivity contribution in [1.29, 1.82) is 0 Å². The van der Waals surface area contributed by atoms with E-state index < -0.39 is 0 Å². The highest BCUT2D eigenvalue weighted by molar-refractivity contribution is 5.07. The number of aromatic nitrogens is 3. The lowest BCUT2D eigenvalue weighted by molar-refractivity contribution is -0.0212. The molecule has 1 aromatic rings. The Bertz CT molecular complexity index is 531. The van der Waals surface area contributed by atoms with Crippen LogP contribution in [0.25, 0.3) is 0 Å². The molecule has 4 rings (SSSR count). The van der Waals surface area contributed by atoms with Gasteiger partial charge in [-0.1, -0.05) is 0 Å². The number of aryl methyl sites for hydroxylation is 1. The normalized spacial score (nSPS) is 29.8. The first-order chi connectivity index (χ1) is 11.3. The fourth-order valence-corrected chi connectivity index (χ4v) is 4.32. The fourth-order valence-electron chi connectivity index (χ4n) is 4.32. The van der Waals surface area contributed by atoms with Crippen molar-refractivity contribution in [3.63, 3.8) is 0 Å². The maximum Gasteiger partial charge on any atom is 0.137 e. The first-order valence-electron chi connectivity index (χ1n) is 9.28. The van der Waals surface area contributed by atoms with E-state index in [1.54, 1.807) is 0 Å². The monoisotopic (exact) mass is 319 g/mol. The van der Waals surface area contributed by atoms with Crippen molar-refractivity contribution in [2.45, 2.75) is 51.2 Å². The van der Waals surface area contributed by atoms with Crippen LogP contribution < -0.4 is 0 Å². The van der Waals surface area contributed by atoms with Crippen LogP contribution in [0.2, 0.25) is 0 Å². The lowest BCUT2D eigenvalue weighted by atomic mass is 9.97. The van der Waals surface area contributed by atoms with Crippen molar-refractivity contribution in [1.82, 2.24) is 24.6 Å². The van der Waals surface area contributed by atoms with E-state index >= 15 is 0 Å². The summed E-state index contributed by atoms with van der Waals surface area (Å²) in [5, 5.41) is 8.91. The average molecular weight is 319 g/mol. The maximum atomic E-state index is 5.64. The van der Waals surface area contributed by atoms with E-state index in [0.717, 1.165) is 39.2 Å². The number of fused-ring (bicyclic) bond motifs is 1. The molecular weight excluding hydrogens is 290 g/mol. The number of rotatable bonds is 4. The predicted molar refractivity (Wildman–Crippen MR) is 88.6 cm³/mol. The largest absolute Gasteiger partial charge is 0.376 e. The Hall–Kier alpha value is -0.980. The number of ether oxygens (including phenoxy) is 1. The van der Waals surface area contributed by atoms with Gasteiger partial charge in [-0.05, 0) is 32.7 Å². The van der Waals surface area contributed by atoms with Crippen LogP contribution >= 0.6 is 0 Å². The average Bonchev–Trinajstić information content (AvgIpc) is 3.16. The molecule has 3 aliphatic rings. The molecule has 0 unspecified atom stereocenters. The van der Waals surface area contributed by atoms with E-state index in [4.69, 9.17) is 4.74 Å². The molecule has 0 aromatic carbocycles. The topological polar surface area (TPSA) is 46.4 Å². The molecule has 0 amide bonds. The van der Waals surface area contributed by atoms with Crippen LogP contribution in [0.5, 0.6) is 0 Å². The number of likely N-dealkylation sites (tertiary alicyclic amines) is 1. The molecule has 2 saturated heterocycles. The third-order valence-electron chi connectivity index (χ3n) is 5.57. The predicted octanol–water partition coefficient (Wildman–Crippen LogP) is 1.12. The van der Waals surface area contributed by atoms with E-state index in [9.17, 15) is 0 Å². The molecule has 0 radical (unpaired) electrons. The van der Waals surface area contributed by atoms with Gasteiger partial charge in [0, 0.05) is 51.6 Å². The third kappa shape index (κ3) is 3.44. The Morgan fingerprint density at radius 3 is 2.78 bits per heavy atom. The zero-order valence-electron chi connectivity index (χ0n) is 14.3. The van der Waals surface area contributed by atoms with Crippen molar-refractivity contribution >= 4 is 0 Å². The lowest BCUT2D eigenvalue weighted by Gasteiger charge is -2.36. The van der Waals surface area contributed by atoms with Crippen LogP contribution in [0.15, 0.2) is 0 Å².